The van der Waals surface area contributed by atoms with Crippen LogP contribution in [0.2, 0.25) is 0 Å². The largest absolute Gasteiger partial charge is 0.462 e. The molecule has 0 bridgehead atoms. The summed E-state index contributed by atoms with van der Waals surface area (Å²) >= 11 is 0. The molecule has 1 aromatic heterocycles. The Hall–Kier alpha value is -1.88. The number of aliphatic hydroxyl groups excluding tert-OH is 1. The topological polar surface area (TPSA) is 36.0 Å². The van der Waals surface area contributed by atoms with Crippen molar-refractivity contribution in [1.29, 1.82) is 0 Å². The SMILES string of the molecule is OC#Cc1c[nH]c2ccccc12. The van der Waals surface area contributed by atoms with Crippen LogP contribution < -0.4 is 0 Å². The molecule has 2 rings (SSSR count). The molecule has 0 amide bonds. The molecular formula is C10H7NO. The van der Waals surface area contributed by atoms with Crippen LogP contribution in [0.1, 0.15) is 5.56 Å². The van der Waals surface area contributed by atoms with Crippen LogP contribution in [0, 0.1) is 12.0 Å². The van der Waals surface area contributed by atoms with Gasteiger partial charge in [-0.2, -0.15) is 0 Å². The van der Waals surface area contributed by atoms with E-state index in [1.54, 1.807) is 6.20 Å². The number of hydrogen-bond donors (Lipinski definition) is 2. The number of nitrogens with one attached hydrogen (secondary N) is 1. The van der Waals surface area contributed by atoms with Crippen LogP contribution in [0.3, 0.4) is 0 Å². The highest BCUT2D eigenvalue weighted by atomic mass is 16.2. The number of benzene rings is 1. The third-order valence-corrected chi connectivity index (χ3v) is 1.78. The Kier molecular flexibility index (Phi) is 1.49. The van der Waals surface area contributed by atoms with Crippen LogP contribution in [-0.2, 0) is 0 Å². The van der Waals surface area contributed by atoms with Gasteiger partial charge in [0.1, 0.15) is 6.11 Å². The van der Waals surface area contributed by atoms with Gasteiger partial charge >= 0.3 is 0 Å². The lowest BCUT2D eigenvalue weighted by atomic mass is 10.2. The Labute approximate surface area is 69.8 Å². The third-order valence-electron chi connectivity index (χ3n) is 1.78. The maximum atomic E-state index is 8.42. The van der Waals surface area contributed by atoms with Crippen molar-refractivity contribution in [2.75, 3.05) is 0 Å². The Morgan fingerprint density at radius 2 is 2.08 bits per heavy atom. The molecule has 0 unspecified atom stereocenters. The summed E-state index contributed by atoms with van der Waals surface area (Å²) in [6.45, 7) is 0. The highest BCUT2D eigenvalue weighted by Gasteiger charge is 1.97. The minimum absolute atomic E-state index is 0.827. The van der Waals surface area contributed by atoms with Crippen LogP contribution in [0.4, 0.5) is 0 Å². The molecule has 1 heterocycles. The first-order chi connectivity index (χ1) is 5.92. The van der Waals surface area contributed by atoms with Crippen LogP contribution in [0.5, 0.6) is 0 Å². The van der Waals surface area contributed by atoms with Gasteiger partial charge in [0.15, 0.2) is 0 Å². The van der Waals surface area contributed by atoms with Crippen molar-refractivity contribution in [2.24, 2.45) is 0 Å². The Bertz CT molecular complexity index is 459. The minimum atomic E-state index is 0.827. The third kappa shape index (κ3) is 0.923. The highest BCUT2D eigenvalue weighted by Crippen LogP contribution is 2.15. The maximum absolute atomic E-state index is 8.42. The number of fused-ring (bicyclic) bond motifs is 1. The molecule has 0 saturated heterocycles. The van der Waals surface area contributed by atoms with Crippen LogP contribution in [0.25, 0.3) is 10.9 Å². The van der Waals surface area contributed by atoms with E-state index in [1.165, 1.54) is 0 Å². The fourth-order valence-corrected chi connectivity index (χ4v) is 1.24. The molecule has 0 aliphatic rings. The second kappa shape index (κ2) is 2.63. The average Bonchev–Trinajstić information content (AvgIpc) is 2.50. The number of rotatable bonds is 0. The molecular weight excluding hydrogens is 150 g/mol. The number of aliphatic hydroxyl groups is 1. The number of aromatic amines is 1. The quantitative estimate of drug-likeness (QED) is 0.562. The van der Waals surface area contributed by atoms with Crippen LogP contribution in [-0.4, -0.2) is 10.1 Å². The molecule has 0 fully saturated rings. The molecule has 0 atom stereocenters. The first kappa shape index (κ1) is 6.81. The number of para-hydroxylation sites is 1. The van der Waals surface area contributed by atoms with Crippen molar-refractivity contribution in [3.8, 4) is 12.0 Å². The summed E-state index contributed by atoms with van der Waals surface area (Å²) in [7, 11) is 0. The van der Waals surface area contributed by atoms with Gasteiger partial charge < -0.3 is 10.1 Å². The first-order valence-electron chi connectivity index (χ1n) is 3.63. The van der Waals surface area contributed by atoms with Crippen molar-refractivity contribution in [2.45, 2.75) is 0 Å². The van der Waals surface area contributed by atoms with E-state index in [2.05, 4.69) is 10.9 Å². The van der Waals surface area contributed by atoms with Gasteiger partial charge in [-0.1, -0.05) is 18.2 Å². The summed E-state index contributed by atoms with van der Waals surface area (Å²) in [5.74, 6) is 2.60. The monoisotopic (exact) mass is 157 g/mol. The van der Waals surface area contributed by atoms with Gasteiger partial charge in [0.05, 0.1) is 5.56 Å². The zero-order valence-electron chi connectivity index (χ0n) is 6.33. The molecule has 1 aromatic carbocycles. The summed E-state index contributed by atoms with van der Waals surface area (Å²) in [4.78, 5) is 3.06. The van der Waals surface area contributed by atoms with Crippen molar-refractivity contribution in [1.82, 2.24) is 4.98 Å². The van der Waals surface area contributed by atoms with E-state index in [0.717, 1.165) is 16.5 Å². The zero-order valence-corrected chi connectivity index (χ0v) is 6.33. The lowest BCUT2D eigenvalue weighted by Crippen LogP contribution is -1.68. The summed E-state index contributed by atoms with van der Waals surface area (Å²) < 4.78 is 0. The number of hydrogen-bond acceptors (Lipinski definition) is 1. The normalized spacial score (nSPS) is 9.33. The summed E-state index contributed by atoms with van der Waals surface area (Å²) in [6.07, 6.45) is 3.68. The highest BCUT2D eigenvalue weighted by molar-refractivity contribution is 5.85. The zero-order chi connectivity index (χ0) is 8.39. The minimum Gasteiger partial charge on any atom is -0.462 e. The van der Waals surface area contributed by atoms with Crippen molar-refractivity contribution in [3.05, 3.63) is 36.0 Å². The van der Waals surface area contributed by atoms with Crippen molar-refractivity contribution >= 4 is 10.9 Å². The molecule has 0 aliphatic carbocycles. The van der Waals surface area contributed by atoms with Gasteiger partial charge in [-0.25, -0.2) is 0 Å². The Morgan fingerprint density at radius 3 is 2.92 bits per heavy atom. The van der Waals surface area contributed by atoms with E-state index in [0.29, 0.717) is 0 Å². The lowest BCUT2D eigenvalue weighted by molar-refractivity contribution is 0.517. The smallest absolute Gasteiger partial charge is 0.113 e. The predicted molar refractivity (Wildman–Crippen MR) is 47.1 cm³/mol. The summed E-state index contributed by atoms with van der Waals surface area (Å²) in [5.41, 5.74) is 1.86. The Morgan fingerprint density at radius 1 is 1.25 bits per heavy atom. The molecule has 0 saturated carbocycles. The molecule has 58 valence electrons. The summed E-state index contributed by atoms with van der Waals surface area (Å²) in [6, 6.07) is 7.83. The predicted octanol–water partition coefficient (Wildman–Crippen LogP) is 1.85. The standard InChI is InChI=1S/C10H7NO/c12-6-5-8-7-11-10-4-2-1-3-9(8)10/h1-4,7,11-12H. The van der Waals surface area contributed by atoms with E-state index in [9.17, 15) is 0 Å². The van der Waals surface area contributed by atoms with Gasteiger partial charge in [-0.05, 0) is 12.0 Å². The van der Waals surface area contributed by atoms with Crippen LogP contribution >= 0.6 is 0 Å². The van der Waals surface area contributed by atoms with Gasteiger partial charge in [-0.3, -0.25) is 0 Å². The first-order valence-corrected chi connectivity index (χ1v) is 3.63. The van der Waals surface area contributed by atoms with Crippen LogP contribution in [0.15, 0.2) is 30.5 Å². The second-order valence-electron chi connectivity index (χ2n) is 2.48. The molecule has 2 aromatic rings. The van der Waals surface area contributed by atoms with E-state index in [4.69, 9.17) is 5.11 Å². The fraction of sp³-hybridized carbons (Fsp3) is 0. The van der Waals surface area contributed by atoms with Crippen molar-refractivity contribution < 1.29 is 5.11 Å². The molecule has 2 nitrogen and oxygen atoms in total. The Balaban J connectivity index is 2.76. The van der Waals surface area contributed by atoms with Gasteiger partial charge in [0.25, 0.3) is 0 Å². The fourth-order valence-electron chi connectivity index (χ4n) is 1.24. The van der Waals surface area contributed by atoms with Gasteiger partial charge in [0.2, 0.25) is 0 Å². The van der Waals surface area contributed by atoms with E-state index < -0.39 is 0 Å². The van der Waals surface area contributed by atoms with E-state index in [1.807, 2.05) is 30.4 Å². The number of aromatic nitrogens is 1. The van der Waals surface area contributed by atoms with Gasteiger partial charge in [0, 0.05) is 17.1 Å². The summed E-state index contributed by atoms with van der Waals surface area (Å²) in [5, 5.41) is 9.46. The average molecular weight is 157 g/mol. The molecule has 0 radical (unpaired) electrons. The van der Waals surface area contributed by atoms with Crippen molar-refractivity contribution in [3.63, 3.8) is 0 Å². The van der Waals surface area contributed by atoms with E-state index >= 15 is 0 Å². The van der Waals surface area contributed by atoms with Gasteiger partial charge in [-0.15, -0.1) is 0 Å². The number of H-pyrrole nitrogens is 1. The molecule has 0 spiro atoms. The lowest BCUT2D eigenvalue weighted by Gasteiger charge is -1.86. The molecule has 12 heavy (non-hydrogen) atoms. The molecule has 2 heteroatoms. The second-order valence-corrected chi connectivity index (χ2v) is 2.48. The maximum Gasteiger partial charge on any atom is 0.113 e. The van der Waals surface area contributed by atoms with E-state index in [-0.39, 0.29) is 0 Å². The molecule has 0 aliphatic heterocycles. The molecule has 2 N–H and O–H groups in total.